The van der Waals surface area contributed by atoms with E-state index in [1.807, 2.05) is 12.1 Å². The summed E-state index contributed by atoms with van der Waals surface area (Å²) in [5, 5.41) is 0. The number of carbonyl (C=O) groups is 1. The topological polar surface area (TPSA) is 23.6 Å². The van der Waals surface area contributed by atoms with Gasteiger partial charge in [-0.3, -0.25) is 4.79 Å². The maximum atomic E-state index is 11.4. The summed E-state index contributed by atoms with van der Waals surface area (Å²) in [4.78, 5) is 16.5. The predicted octanol–water partition coefficient (Wildman–Crippen LogP) is 4.23. The van der Waals surface area contributed by atoms with Crippen LogP contribution >= 0.6 is 0 Å². The minimum absolute atomic E-state index is 0.148. The van der Waals surface area contributed by atoms with E-state index < -0.39 is 0 Å². The van der Waals surface area contributed by atoms with Gasteiger partial charge in [0.15, 0.2) is 5.78 Å². The van der Waals surface area contributed by atoms with Crippen LogP contribution in [0.4, 0.5) is 5.69 Å². The Kier molecular flexibility index (Phi) is 5.94. The highest BCUT2D eigenvalue weighted by atomic mass is 16.1. The number of anilines is 1. The van der Waals surface area contributed by atoms with E-state index in [9.17, 15) is 4.79 Å². The zero-order valence-corrected chi connectivity index (χ0v) is 15.3. The number of nitrogens with zero attached hydrogens (tertiary/aromatic N) is 2. The lowest BCUT2D eigenvalue weighted by molar-refractivity contribution is 0.101. The van der Waals surface area contributed by atoms with Crippen LogP contribution in [0.2, 0.25) is 0 Å². The van der Waals surface area contributed by atoms with Crippen LogP contribution in [0.3, 0.4) is 0 Å². The highest BCUT2D eigenvalue weighted by molar-refractivity contribution is 5.94. The SMILES string of the molecule is CCN1CCC(CC2CCN(c3ccc(C(C)=O)cc3)CC2)CC1. The van der Waals surface area contributed by atoms with E-state index in [1.165, 1.54) is 57.4 Å². The number of benzene rings is 1. The van der Waals surface area contributed by atoms with E-state index in [0.29, 0.717) is 0 Å². The Bertz CT molecular complexity index is 523. The first-order valence-electron chi connectivity index (χ1n) is 9.74. The van der Waals surface area contributed by atoms with E-state index in [4.69, 9.17) is 0 Å². The van der Waals surface area contributed by atoms with Crippen LogP contribution in [0.5, 0.6) is 0 Å². The largest absolute Gasteiger partial charge is 0.372 e. The molecule has 3 rings (SSSR count). The number of ketones is 1. The normalized spacial score (nSPS) is 21.2. The van der Waals surface area contributed by atoms with Crippen molar-refractivity contribution in [1.29, 1.82) is 0 Å². The zero-order chi connectivity index (χ0) is 16.9. The summed E-state index contributed by atoms with van der Waals surface area (Å²) in [5.41, 5.74) is 2.08. The maximum absolute atomic E-state index is 11.4. The summed E-state index contributed by atoms with van der Waals surface area (Å²) in [6, 6.07) is 8.14. The second-order valence-corrected chi connectivity index (χ2v) is 7.65. The lowest BCUT2D eigenvalue weighted by Crippen LogP contribution is -2.37. The minimum Gasteiger partial charge on any atom is -0.372 e. The monoisotopic (exact) mass is 328 g/mol. The second-order valence-electron chi connectivity index (χ2n) is 7.65. The van der Waals surface area contributed by atoms with Crippen molar-refractivity contribution in [3.8, 4) is 0 Å². The van der Waals surface area contributed by atoms with Gasteiger partial charge in [-0.2, -0.15) is 0 Å². The molecule has 0 atom stereocenters. The van der Waals surface area contributed by atoms with Crippen molar-refractivity contribution in [2.45, 2.75) is 46.0 Å². The third-order valence-corrected chi connectivity index (χ3v) is 6.07. The van der Waals surface area contributed by atoms with Gasteiger partial charge in [0.25, 0.3) is 0 Å². The molecule has 2 saturated heterocycles. The molecule has 0 bridgehead atoms. The molecule has 3 heteroatoms. The first-order valence-corrected chi connectivity index (χ1v) is 9.74. The van der Waals surface area contributed by atoms with E-state index in [0.717, 1.165) is 30.5 Å². The zero-order valence-electron chi connectivity index (χ0n) is 15.3. The molecule has 2 aliphatic heterocycles. The molecule has 2 fully saturated rings. The Morgan fingerprint density at radius 3 is 2.00 bits per heavy atom. The van der Waals surface area contributed by atoms with Gasteiger partial charge >= 0.3 is 0 Å². The molecule has 1 aromatic carbocycles. The Morgan fingerprint density at radius 2 is 1.50 bits per heavy atom. The van der Waals surface area contributed by atoms with Gasteiger partial charge in [0.05, 0.1) is 0 Å². The van der Waals surface area contributed by atoms with Crippen molar-refractivity contribution in [1.82, 2.24) is 4.90 Å². The molecule has 2 aliphatic rings. The molecule has 0 unspecified atom stereocenters. The fourth-order valence-corrected chi connectivity index (χ4v) is 4.34. The van der Waals surface area contributed by atoms with Crippen molar-refractivity contribution in [2.24, 2.45) is 11.8 Å². The third-order valence-electron chi connectivity index (χ3n) is 6.07. The van der Waals surface area contributed by atoms with Crippen molar-refractivity contribution in [3.05, 3.63) is 29.8 Å². The van der Waals surface area contributed by atoms with Gasteiger partial charge in [0.1, 0.15) is 0 Å². The van der Waals surface area contributed by atoms with Crippen molar-refractivity contribution < 1.29 is 4.79 Å². The number of hydrogen-bond donors (Lipinski definition) is 0. The summed E-state index contributed by atoms with van der Waals surface area (Å²) >= 11 is 0. The van der Waals surface area contributed by atoms with Crippen LogP contribution in [-0.2, 0) is 0 Å². The first-order chi connectivity index (χ1) is 11.7. The lowest BCUT2D eigenvalue weighted by atomic mass is 9.82. The minimum atomic E-state index is 0.148. The highest BCUT2D eigenvalue weighted by Gasteiger charge is 2.25. The van der Waals surface area contributed by atoms with Gasteiger partial charge in [0, 0.05) is 24.3 Å². The average molecular weight is 329 g/mol. The van der Waals surface area contributed by atoms with Gasteiger partial charge < -0.3 is 9.80 Å². The molecule has 0 aliphatic carbocycles. The molecule has 0 amide bonds. The molecule has 24 heavy (non-hydrogen) atoms. The number of carbonyl (C=O) groups excluding carboxylic acids is 1. The van der Waals surface area contributed by atoms with Crippen LogP contribution in [0.25, 0.3) is 0 Å². The standard InChI is InChI=1S/C21H32N2O/c1-3-22-12-8-18(9-13-22)16-19-10-14-23(15-11-19)21-6-4-20(5-7-21)17(2)24/h4-7,18-19H,3,8-16H2,1-2H3. The number of likely N-dealkylation sites (tertiary alicyclic amines) is 1. The lowest BCUT2D eigenvalue weighted by Gasteiger charge is -2.37. The molecule has 0 N–H and O–H groups in total. The molecule has 1 aromatic rings. The fourth-order valence-electron chi connectivity index (χ4n) is 4.34. The smallest absolute Gasteiger partial charge is 0.159 e. The van der Waals surface area contributed by atoms with Gasteiger partial charge in [-0.05, 0) is 94.8 Å². The van der Waals surface area contributed by atoms with Gasteiger partial charge in [0.2, 0.25) is 0 Å². The summed E-state index contributed by atoms with van der Waals surface area (Å²) in [5.74, 6) is 2.02. The molecular formula is C21H32N2O. The molecule has 0 radical (unpaired) electrons. The van der Waals surface area contributed by atoms with E-state index in [1.54, 1.807) is 6.92 Å². The van der Waals surface area contributed by atoms with Crippen LogP contribution in [0.15, 0.2) is 24.3 Å². The quantitative estimate of drug-likeness (QED) is 0.756. The second kappa shape index (κ2) is 8.15. The maximum Gasteiger partial charge on any atom is 0.159 e. The average Bonchev–Trinajstić information content (AvgIpc) is 2.63. The Labute approximate surface area is 147 Å². The number of hydrogen-bond acceptors (Lipinski definition) is 3. The molecule has 132 valence electrons. The molecule has 0 saturated carbocycles. The predicted molar refractivity (Wildman–Crippen MR) is 101 cm³/mol. The van der Waals surface area contributed by atoms with Crippen molar-refractivity contribution in [2.75, 3.05) is 37.6 Å². The van der Waals surface area contributed by atoms with E-state index in [-0.39, 0.29) is 5.78 Å². The highest BCUT2D eigenvalue weighted by Crippen LogP contribution is 2.31. The van der Waals surface area contributed by atoms with E-state index >= 15 is 0 Å². The summed E-state index contributed by atoms with van der Waals surface area (Å²) < 4.78 is 0. The first kappa shape index (κ1) is 17.5. The summed E-state index contributed by atoms with van der Waals surface area (Å²) in [6.07, 6.45) is 6.89. The third kappa shape index (κ3) is 4.38. The van der Waals surface area contributed by atoms with Crippen LogP contribution in [0, 0.1) is 11.8 Å². The Morgan fingerprint density at radius 1 is 0.958 bits per heavy atom. The van der Waals surface area contributed by atoms with Gasteiger partial charge in [-0.1, -0.05) is 6.92 Å². The number of piperidine rings is 2. The number of Topliss-reactive ketones (excluding diaryl/α,β-unsaturated/α-hetero) is 1. The molecule has 0 aromatic heterocycles. The summed E-state index contributed by atoms with van der Waals surface area (Å²) in [7, 11) is 0. The molecular weight excluding hydrogens is 296 g/mol. The Hall–Kier alpha value is -1.35. The summed E-state index contributed by atoms with van der Waals surface area (Å²) in [6.45, 7) is 10.1. The van der Waals surface area contributed by atoms with Crippen LogP contribution < -0.4 is 4.90 Å². The number of rotatable bonds is 5. The van der Waals surface area contributed by atoms with E-state index in [2.05, 4.69) is 28.9 Å². The molecule has 3 nitrogen and oxygen atoms in total. The van der Waals surface area contributed by atoms with Crippen molar-refractivity contribution >= 4 is 11.5 Å². The van der Waals surface area contributed by atoms with Crippen LogP contribution in [0.1, 0.15) is 56.3 Å². The van der Waals surface area contributed by atoms with Gasteiger partial charge in [-0.25, -0.2) is 0 Å². The van der Waals surface area contributed by atoms with Gasteiger partial charge in [-0.15, -0.1) is 0 Å². The Balaban J connectivity index is 1.45. The fraction of sp³-hybridized carbons (Fsp3) is 0.667. The van der Waals surface area contributed by atoms with Crippen molar-refractivity contribution in [3.63, 3.8) is 0 Å². The molecule has 2 heterocycles. The van der Waals surface area contributed by atoms with Crippen LogP contribution in [-0.4, -0.2) is 43.4 Å². The molecule has 0 spiro atoms.